The Labute approximate surface area is 95.1 Å². The van der Waals surface area contributed by atoms with E-state index in [4.69, 9.17) is 4.74 Å². The predicted octanol–water partition coefficient (Wildman–Crippen LogP) is -0.240. The molecule has 0 aromatic rings. The highest BCUT2D eigenvalue weighted by molar-refractivity contribution is 5.83. The van der Waals surface area contributed by atoms with Gasteiger partial charge >= 0.3 is 0 Å². The average Bonchev–Trinajstić information content (AvgIpc) is 2.56. The third kappa shape index (κ3) is 2.35. The molecule has 0 aromatic carbocycles. The summed E-state index contributed by atoms with van der Waals surface area (Å²) in [7, 11) is 0. The van der Waals surface area contributed by atoms with Crippen molar-refractivity contribution in [2.75, 3.05) is 26.2 Å². The molecule has 0 aliphatic carbocycles. The molecule has 2 amide bonds. The highest BCUT2D eigenvalue weighted by atomic mass is 16.5. The maximum atomic E-state index is 12.1. The van der Waals surface area contributed by atoms with Gasteiger partial charge in [-0.05, 0) is 12.3 Å². The molecule has 2 fully saturated rings. The first kappa shape index (κ1) is 11.4. The molecule has 2 atom stereocenters. The Balaban J connectivity index is 1.95. The highest BCUT2D eigenvalue weighted by Gasteiger charge is 2.34. The maximum Gasteiger partial charge on any atom is 0.252 e. The first-order valence-electron chi connectivity index (χ1n) is 5.85. The lowest BCUT2D eigenvalue weighted by Crippen LogP contribution is -2.42. The normalized spacial score (nSPS) is 31.1. The molecular weight excluding hydrogens is 208 g/mol. The Morgan fingerprint density at radius 3 is 3.00 bits per heavy atom. The van der Waals surface area contributed by atoms with Gasteiger partial charge in [0.1, 0.15) is 6.10 Å². The number of nitrogens with one attached hydrogen (secondary N) is 1. The van der Waals surface area contributed by atoms with E-state index in [9.17, 15) is 9.59 Å². The summed E-state index contributed by atoms with van der Waals surface area (Å²) in [6, 6.07) is 0. The van der Waals surface area contributed by atoms with Crippen LogP contribution in [0.3, 0.4) is 0 Å². The topological polar surface area (TPSA) is 58.6 Å². The van der Waals surface area contributed by atoms with Crippen LogP contribution in [-0.4, -0.2) is 49.1 Å². The zero-order valence-corrected chi connectivity index (χ0v) is 9.57. The van der Waals surface area contributed by atoms with Gasteiger partial charge in [-0.3, -0.25) is 9.59 Å². The van der Waals surface area contributed by atoms with E-state index in [-0.39, 0.29) is 17.9 Å². The lowest BCUT2D eigenvalue weighted by Gasteiger charge is -2.24. The van der Waals surface area contributed by atoms with Crippen LogP contribution in [-0.2, 0) is 14.3 Å². The number of hydrogen-bond donors (Lipinski definition) is 1. The molecule has 2 heterocycles. The molecule has 0 spiro atoms. The predicted molar refractivity (Wildman–Crippen MR) is 57.7 cm³/mol. The third-order valence-corrected chi connectivity index (χ3v) is 3.26. The van der Waals surface area contributed by atoms with Crippen LogP contribution in [0.15, 0.2) is 0 Å². The van der Waals surface area contributed by atoms with E-state index < -0.39 is 0 Å². The summed E-state index contributed by atoms with van der Waals surface area (Å²) in [5, 5.41) is 2.76. The summed E-state index contributed by atoms with van der Waals surface area (Å²) in [5.74, 6) is 0.358. The molecule has 2 rings (SSSR count). The standard InChI is InChI=1S/C11H18N2O3/c1-8-3-7-16-10(8)11(15)13-5-2-9(14)12-4-6-13/h8,10H,2-7H2,1H3,(H,12,14). The quantitative estimate of drug-likeness (QED) is 0.671. The molecule has 90 valence electrons. The Hall–Kier alpha value is -1.10. The SMILES string of the molecule is CC1CCOC1C(=O)N1CCNC(=O)CC1. The van der Waals surface area contributed by atoms with Gasteiger partial charge in [-0.1, -0.05) is 6.92 Å². The number of amides is 2. The molecule has 2 saturated heterocycles. The largest absolute Gasteiger partial charge is 0.368 e. The van der Waals surface area contributed by atoms with Crippen LogP contribution in [0.4, 0.5) is 0 Å². The fourth-order valence-electron chi connectivity index (χ4n) is 2.18. The molecule has 0 radical (unpaired) electrons. The minimum Gasteiger partial charge on any atom is -0.368 e. The number of carbonyl (C=O) groups is 2. The van der Waals surface area contributed by atoms with Gasteiger partial charge in [0, 0.05) is 32.7 Å². The maximum absolute atomic E-state index is 12.1. The second-order valence-electron chi connectivity index (χ2n) is 4.48. The van der Waals surface area contributed by atoms with Crippen LogP contribution in [0.1, 0.15) is 19.8 Å². The smallest absolute Gasteiger partial charge is 0.252 e. The third-order valence-electron chi connectivity index (χ3n) is 3.26. The summed E-state index contributed by atoms with van der Waals surface area (Å²) in [5.41, 5.74) is 0. The molecule has 16 heavy (non-hydrogen) atoms. The second-order valence-corrected chi connectivity index (χ2v) is 4.48. The summed E-state index contributed by atoms with van der Waals surface area (Å²) in [6.07, 6.45) is 1.04. The minimum absolute atomic E-state index is 0.0238. The zero-order chi connectivity index (χ0) is 11.5. The Kier molecular flexibility index (Phi) is 3.43. The molecular formula is C11H18N2O3. The van der Waals surface area contributed by atoms with Crippen molar-refractivity contribution in [3.8, 4) is 0 Å². The van der Waals surface area contributed by atoms with Crippen LogP contribution in [0, 0.1) is 5.92 Å². The van der Waals surface area contributed by atoms with Gasteiger partial charge in [-0.2, -0.15) is 0 Å². The Morgan fingerprint density at radius 1 is 1.50 bits per heavy atom. The Bertz CT molecular complexity index is 293. The number of carbonyl (C=O) groups excluding carboxylic acids is 2. The molecule has 5 heteroatoms. The van der Waals surface area contributed by atoms with E-state index >= 15 is 0 Å². The van der Waals surface area contributed by atoms with Crippen molar-refractivity contribution in [2.24, 2.45) is 5.92 Å². The summed E-state index contributed by atoms with van der Waals surface area (Å²) < 4.78 is 5.45. The van der Waals surface area contributed by atoms with Gasteiger partial charge < -0.3 is 15.0 Å². The molecule has 2 unspecified atom stereocenters. The summed E-state index contributed by atoms with van der Waals surface area (Å²) in [4.78, 5) is 25.0. The average molecular weight is 226 g/mol. The highest BCUT2D eigenvalue weighted by Crippen LogP contribution is 2.22. The summed E-state index contributed by atoms with van der Waals surface area (Å²) >= 11 is 0. The van der Waals surface area contributed by atoms with Crippen molar-refractivity contribution < 1.29 is 14.3 Å². The Morgan fingerprint density at radius 2 is 2.31 bits per heavy atom. The molecule has 0 bridgehead atoms. The van der Waals surface area contributed by atoms with Gasteiger partial charge in [-0.25, -0.2) is 0 Å². The van der Waals surface area contributed by atoms with Gasteiger partial charge in [0.15, 0.2) is 0 Å². The van der Waals surface area contributed by atoms with Crippen molar-refractivity contribution >= 4 is 11.8 Å². The van der Waals surface area contributed by atoms with E-state index in [1.54, 1.807) is 4.90 Å². The number of nitrogens with zero attached hydrogens (tertiary/aromatic N) is 1. The van der Waals surface area contributed by atoms with Gasteiger partial charge in [0.2, 0.25) is 5.91 Å². The van der Waals surface area contributed by atoms with E-state index in [0.717, 1.165) is 6.42 Å². The molecule has 1 N–H and O–H groups in total. The first-order chi connectivity index (χ1) is 7.68. The van der Waals surface area contributed by atoms with Gasteiger partial charge in [-0.15, -0.1) is 0 Å². The van der Waals surface area contributed by atoms with Crippen LogP contribution >= 0.6 is 0 Å². The van der Waals surface area contributed by atoms with Crippen LogP contribution < -0.4 is 5.32 Å². The molecule has 0 aromatic heterocycles. The lowest BCUT2D eigenvalue weighted by molar-refractivity contribution is -0.142. The van der Waals surface area contributed by atoms with Crippen molar-refractivity contribution in [2.45, 2.75) is 25.9 Å². The first-order valence-corrected chi connectivity index (χ1v) is 5.85. The van der Waals surface area contributed by atoms with E-state index in [0.29, 0.717) is 38.6 Å². The van der Waals surface area contributed by atoms with E-state index in [1.165, 1.54) is 0 Å². The number of ether oxygens (including phenoxy) is 1. The molecule has 5 nitrogen and oxygen atoms in total. The lowest BCUT2D eigenvalue weighted by atomic mass is 10.0. The van der Waals surface area contributed by atoms with Crippen molar-refractivity contribution in [1.82, 2.24) is 10.2 Å². The zero-order valence-electron chi connectivity index (χ0n) is 9.57. The number of hydrogen-bond acceptors (Lipinski definition) is 3. The van der Waals surface area contributed by atoms with Crippen LogP contribution in [0.25, 0.3) is 0 Å². The van der Waals surface area contributed by atoms with Crippen LogP contribution in [0.2, 0.25) is 0 Å². The van der Waals surface area contributed by atoms with E-state index in [2.05, 4.69) is 5.32 Å². The molecule has 0 saturated carbocycles. The summed E-state index contributed by atoms with van der Waals surface area (Å²) in [6.45, 7) is 4.36. The fraction of sp³-hybridized carbons (Fsp3) is 0.818. The molecule has 2 aliphatic rings. The van der Waals surface area contributed by atoms with Crippen molar-refractivity contribution in [1.29, 1.82) is 0 Å². The van der Waals surface area contributed by atoms with Gasteiger partial charge in [0.05, 0.1) is 0 Å². The monoisotopic (exact) mass is 226 g/mol. The minimum atomic E-state index is -0.298. The second kappa shape index (κ2) is 4.82. The van der Waals surface area contributed by atoms with Crippen molar-refractivity contribution in [3.05, 3.63) is 0 Å². The fourth-order valence-corrected chi connectivity index (χ4v) is 2.18. The van der Waals surface area contributed by atoms with Gasteiger partial charge in [0.25, 0.3) is 5.91 Å². The number of rotatable bonds is 1. The van der Waals surface area contributed by atoms with E-state index in [1.807, 2.05) is 6.92 Å². The van der Waals surface area contributed by atoms with Crippen LogP contribution in [0.5, 0.6) is 0 Å². The molecule has 2 aliphatic heterocycles. The van der Waals surface area contributed by atoms with Crippen molar-refractivity contribution in [3.63, 3.8) is 0 Å².